The molecular weight excluding hydrogens is 424 g/mol. The molecule has 3 aromatic rings. The van der Waals surface area contributed by atoms with Crippen molar-refractivity contribution in [2.75, 3.05) is 49.2 Å². The number of benzene rings is 2. The van der Waals surface area contributed by atoms with Gasteiger partial charge in [-0.05, 0) is 55.4 Å². The van der Waals surface area contributed by atoms with Crippen molar-refractivity contribution >= 4 is 22.3 Å². The lowest BCUT2D eigenvalue weighted by Gasteiger charge is -2.36. The van der Waals surface area contributed by atoms with E-state index in [0.717, 1.165) is 81.5 Å². The standard InChI is InChI=1S/C28H32N4O2/c29-18-23-19-30-27-25(23)2-1-3-26(27)32-14-8-21(9-15-32)20-4-6-24(7-5-20)31-12-10-22(11-13-31)28-33-16-17-34-28/h1-7,19,21-22,28,30H,8-17H2. The molecule has 6 rings (SSSR count). The Bertz CT molecular complexity index is 1160. The number of nitriles is 1. The number of nitrogens with zero attached hydrogens (tertiary/aromatic N) is 3. The first-order valence-electron chi connectivity index (χ1n) is 12.6. The number of nitrogens with one attached hydrogen (secondary N) is 1. The molecule has 3 aliphatic heterocycles. The number of hydrogen-bond acceptors (Lipinski definition) is 5. The van der Waals surface area contributed by atoms with Gasteiger partial charge in [0.25, 0.3) is 0 Å². The van der Waals surface area contributed by atoms with Gasteiger partial charge in [0.2, 0.25) is 0 Å². The van der Waals surface area contributed by atoms with Crippen LogP contribution in [-0.4, -0.2) is 50.7 Å². The number of H-pyrrole nitrogens is 1. The van der Waals surface area contributed by atoms with E-state index in [2.05, 4.69) is 57.3 Å². The van der Waals surface area contributed by atoms with Crippen molar-refractivity contribution < 1.29 is 9.47 Å². The van der Waals surface area contributed by atoms with E-state index < -0.39 is 0 Å². The van der Waals surface area contributed by atoms with Crippen molar-refractivity contribution in [1.82, 2.24) is 4.98 Å². The van der Waals surface area contributed by atoms with E-state index >= 15 is 0 Å². The predicted molar refractivity (Wildman–Crippen MR) is 134 cm³/mol. The van der Waals surface area contributed by atoms with Crippen LogP contribution in [0.4, 0.5) is 11.4 Å². The van der Waals surface area contributed by atoms with E-state index in [9.17, 15) is 5.26 Å². The molecule has 6 nitrogen and oxygen atoms in total. The van der Waals surface area contributed by atoms with Crippen molar-refractivity contribution in [3.05, 3.63) is 59.8 Å². The molecule has 6 heteroatoms. The molecule has 0 atom stereocenters. The lowest BCUT2D eigenvalue weighted by Crippen LogP contribution is -2.38. The van der Waals surface area contributed by atoms with Crippen molar-refractivity contribution in [3.8, 4) is 6.07 Å². The lowest BCUT2D eigenvalue weighted by molar-refractivity contribution is -0.0889. The fourth-order valence-corrected chi connectivity index (χ4v) is 5.98. The summed E-state index contributed by atoms with van der Waals surface area (Å²) in [7, 11) is 0. The second-order valence-electron chi connectivity index (χ2n) is 9.80. The van der Waals surface area contributed by atoms with E-state index in [1.165, 1.54) is 16.9 Å². The van der Waals surface area contributed by atoms with Gasteiger partial charge in [-0.2, -0.15) is 5.26 Å². The first-order valence-corrected chi connectivity index (χ1v) is 12.6. The lowest BCUT2D eigenvalue weighted by atomic mass is 9.89. The van der Waals surface area contributed by atoms with Crippen molar-refractivity contribution in [3.63, 3.8) is 0 Å². The maximum atomic E-state index is 9.35. The number of para-hydroxylation sites is 1. The molecule has 0 amide bonds. The Labute approximate surface area is 201 Å². The molecular formula is C28H32N4O2. The zero-order chi connectivity index (χ0) is 22.9. The smallest absolute Gasteiger partial charge is 0.160 e. The van der Waals surface area contributed by atoms with Crippen LogP contribution in [0.2, 0.25) is 0 Å². The Kier molecular flexibility index (Phi) is 5.90. The zero-order valence-corrected chi connectivity index (χ0v) is 19.6. The Morgan fingerprint density at radius 3 is 2.26 bits per heavy atom. The minimum absolute atomic E-state index is 0.0211. The van der Waals surface area contributed by atoms with Gasteiger partial charge in [0.15, 0.2) is 6.29 Å². The van der Waals surface area contributed by atoms with Crippen LogP contribution in [0.25, 0.3) is 10.9 Å². The summed E-state index contributed by atoms with van der Waals surface area (Å²) in [6.45, 7) is 5.70. The van der Waals surface area contributed by atoms with Gasteiger partial charge in [-0.1, -0.05) is 24.3 Å². The summed E-state index contributed by atoms with van der Waals surface area (Å²) >= 11 is 0. The van der Waals surface area contributed by atoms with Gasteiger partial charge in [0, 0.05) is 49.4 Å². The highest BCUT2D eigenvalue weighted by atomic mass is 16.7. The van der Waals surface area contributed by atoms with E-state index in [1.807, 2.05) is 12.3 Å². The van der Waals surface area contributed by atoms with Gasteiger partial charge in [-0.25, -0.2) is 0 Å². The third-order valence-electron chi connectivity index (χ3n) is 7.95. The number of ether oxygens (including phenoxy) is 2. The molecule has 1 aromatic heterocycles. The minimum Gasteiger partial charge on any atom is -0.372 e. The minimum atomic E-state index is 0.0211. The van der Waals surface area contributed by atoms with Crippen LogP contribution in [0.3, 0.4) is 0 Å². The van der Waals surface area contributed by atoms with Crippen LogP contribution in [0.1, 0.15) is 42.7 Å². The molecule has 176 valence electrons. The highest BCUT2D eigenvalue weighted by molar-refractivity contribution is 5.95. The van der Waals surface area contributed by atoms with Crippen LogP contribution in [0.5, 0.6) is 0 Å². The summed E-state index contributed by atoms with van der Waals surface area (Å²) in [4.78, 5) is 8.29. The number of fused-ring (bicyclic) bond motifs is 1. The van der Waals surface area contributed by atoms with Crippen LogP contribution >= 0.6 is 0 Å². The molecule has 0 spiro atoms. The molecule has 1 N–H and O–H groups in total. The number of aromatic amines is 1. The predicted octanol–water partition coefficient (Wildman–Crippen LogP) is 5.01. The Morgan fingerprint density at radius 2 is 1.56 bits per heavy atom. The second kappa shape index (κ2) is 9.32. The Hall–Kier alpha value is -3.01. The van der Waals surface area contributed by atoms with E-state index in [-0.39, 0.29) is 6.29 Å². The SMILES string of the molecule is N#Cc1c[nH]c2c(N3CCC(c4ccc(N5CCC(C6OCCO6)CC5)cc4)CC3)cccc12. The molecule has 0 unspecified atom stereocenters. The summed E-state index contributed by atoms with van der Waals surface area (Å²) in [5.74, 6) is 1.14. The van der Waals surface area contributed by atoms with Gasteiger partial charge in [-0.3, -0.25) is 0 Å². The maximum absolute atomic E-state index is 9.35. The topological polar surface area (TPSA) is 64.5 Å². The summed E-state index contributed by atoms with van der Waals surface area (Å²) in [5.41, 5.74) is 5.80. The third-order valence-corrected chi connectivity index (χ3v) is 7.95. The van der Waals surface area contributed by atoms with Crippen molar-refractivity contribution in [2.45, 2.75) is 37.9 Å². The molecule has 0 bridgehead atoms. The van der Waals surface area contributed by atoms with Crippen molar-refractivity contribution in [2.24, 2.45) is 5.92 Å². The van der Waals surface area contributed by atoms with E-state index in [0.29, 0.717) is 11.8 Å². The molecule has 3 saturated heterocycles. The van der Waals surface area contributed by atoms with Gasteiger partial charge in [0.1, 0.15) is 6.07 Å². The summed E-state index contributed by atoms with van der Waals surface area (Å²) < 4.78 is 11.4. The zero-order valence-electron chi connectivity index (χ0n) is 19.6. The van der Waals surface area contributed by atoms with Gasteiger partial charge in [-0.15, -0.1) is 0 Å². The monoisotopic (exact) mass is 456 g/mol. The number of anilines is 2. The highest BCUT2D eigenvalue weighted by Crippen LogP contribution is 2.35. The van der Waals surface area contributed by atoms with Crippen LogP contribution < -0.4 is 9.80 Å². The average molecular weight is 457 g/mol. The number of hydrogen-bond donors (Lipinski definition) is 1. The third kappa shape index (κ3) is 4.04. The molecule has 0 aliphatic carbocycles. The fourth-order valence-electron chi connectivity index (χ4n) is 5.98. The fraction of sp³-hybridized carbons (Fsp3) is 0.464. The highest BCUT2D eigenvalue weighted by Gasteiger charge is 2.30. The molecule has 34 heavy (non-hydrogen) atoms. The van der Waals surface area contributed by atoms with Gasteiger partial charge >= 0.3 is 0 Å². The second-order valence-corrected chi connectivity index (χ2v) is 9.80. The van der Waals surface area contributed by atoms with Crippen molar-refractivity contribution in [1.29, 1.82) is 5.26 Å². The number of piperidine rings is 2. The molecule has 4 heterocycles. The average Bonchev–Trinajstić information content (AvgIpc) is 3.59. The van der Waals surface area contributed by atoms with Gasteiger partial charge in [0.05, 0.1) is 30.0 Å². The van der Waals surface area contributed by atoms with E-state index in [4.69, 9.17) is 9.47 Å². The Balaban J connectivity index is 1.06. The number of rotatable bonds is 4. The summed E-state index contributed by atoms with van der Waals surface area (Å²) in [5, 5.41) is 10.4. The molecule has 2 aromatic carbocycles. The van der Waals surface area contributed by atoms with Crippen LogP contribution in [-0.2, 0) is 9.47 Å². The normalized spacial score (nSPS) is 20.8. The maximum Gasteiger partial charge on any atom is 0.160 e. The largest absolute Gasteiger partial charge is 0.372 e. The van der Waals surface area contributed by atoms with Crippen LogP contribution in [0.15, 0.2) is 48.7 Å². The van der Waals surface area contributed by atoms with E-state index in [1.54, 1.807) is 0 Å². The molecule has 3 aliphatic rings. The summed E-state index contributed by atoms with van der Waals surface area (Å²) in [6, 6.07) is 17.9. The quantitative estimate of drug-likeness (QED) is 0.598. The molecule has 0 saturated carbocycles. The first kappa shape index (κ1) is 21.5. The number of aromatic nitrogens is 1. The Morgan fingerprint density at radius 1 is 0.853 bits per heavy atom. The molecule has 0 radical (unpaired) electrons. The van der Waals surface area contributed by atoms with Crippen LogP contribution in [0, 0.1) is 17.2 Å². The first-order chi connectivity index (χ1) is 16.8. The summed E-state index contributed by atoms with van der Waals surface area (Å²) in [6.07, 6.45) is 6.40. The van der Waals surface area contributed by atoms with Gasteiger partial charge < -0.3 is 24.3 Å². The molecule has 3 fully saturated rings.